The number of nitriles is 1. The summed E-state index contributed by atoms with van der Waals surface area (Å²) in [5, 5.41) is 8.78. The Morgan fingerprint density at radius 1 is 1.53 bits per heavy atom. The molecule has 0 bridgehead atoms. The first-order valence-electron chi connectivity index (χ1n) is 5.40. The fourth-order valence-electron chi connectivity index (χ4n) is 1.81. The summed E-state index contributed by atoms with van der Waals surface area (Å²) in [6.07, 6.45) is -3.92. The molecular formula is C11H9BrF3N3O. The Bertz CT molecular complexity index is 515. The molecular weight excluding hydrogens is 327 g/mol. The van der Waals surface area contributed by atoms with E-state index in [1.807, 2.05) is 6.07 Å². The second kappa shape index (κ2) is 5.35. The van der Waals surface area contributed by atoms with E-state index in [1.165, 1.54) is 11.1 Å². The molecule has 4 nitrogen and oxygen atoms in total. The first-order valence-corrected chi connectivity index (χ1v) is 6.20. The van der Waals surface area contributed by atoms with Crippen molar-refractivity contribution in [3.8, 4) is 6.07 Å². The molecule has 1 aliphatic heterocycles. The van der Waals surface area contributed by atoms with Gasteiger partial charge in [-0.1, -0.05) is 0 Å². The molecule has 1 aromatic rings. The molecule has 0 N–H and O–H groups in total. The molecule has 1 unspecified atom stereocenters. The van der Waals surface area contributed by atoms with Crippen LogP contribution in [0.25, 0.3) is 0 Å². The van der Waals surface area contributed by atoms with Crippen LogP contribution in [-0.4, -0.2) is 30.8 Å². The Hall–Kier alpha value is -1.33. The highest BCUT2D eigenvalue weighted by atomic mass is 79.9. The number of anilines is 1. The Balaban J connectivity index is 2.37. The molecule has 0 amide bonds. The number of hydrogen-bond donors (Lipinski definition) is 0. The highest BCUT2D eigenvalue weighted by molar-refractivity contribution is 9.10. The third-order valence-corrected chi connectivity index (χ3v) is 3.08. The molecule has 0 aromatic carbocycles. The van der Waals surface area contributed by atoms with Crippen molar-refractivity contribution in [1.82, 2.24) is 4.98 Å². The summed E-state index contributed by atoms with van der Waals surface area (Å²) in [5.41, 5.74) is -0.819. The molecule has 2 rings (SSSR count). The molecule has 2 heterocycles. The van der Waals surface area contributed by atoms with Gasteiger partial charge in [0, 0.05) is 17.2 Å². The summed E-state index contributed by atoms with van der Waals surface area (Å²) in [5.74, 6) is -0.167. The van der Waals surface area contributed by atoms with Crippen molar-refractivity contribution >= 4 is 21.7 Å². The Morgan fingerprint density at radius 2 is 2.26 bits per heavy atom. The zero-order valence-electron chi connectivity index (χ0n) is 9.62. The predicted octanol–water partition coefficient (Wildman–Crippen LogP) is 2.59. The van der Waals surface area contributed by atoms with Crippen LogP contribution in [0.3, 0.4) is 0 Å². The normalized spacial score (nSPS) is 20.2. The molecule has 1 saturated heterocycles. The first-order chi connectivity index (χ1) is 8.91. The van der Waals surface area contributed by atoms with Crippen molar-refractivity contribution < 1.29 is 17.9 Å². The molecule has 19 heavy (non-hydrogen) atoms. The van der Waals surface area contributed by atoms with Gasteiger partial charge >= 0.3 is 6.18 Å². The second-order valence-corrected chi connectivity index (χ2v) is 4.87. The number of halogens is 4. The Labute approximate surface area is 115 Å². The number of hydrogen-bond acceptors (Lipinski definition) is 4. The summed E-state index contributed by atoms with van der Waals surface area (Å²) in [6, 6.07) is 2.88. The molecule has 0 radical (unpaired) electrons. The average molecular weight is 336 g/mol. The van der Waals surface area contributed by atoms with Crippen LogP contribution >= 0.6 is 15.9 Å². The van der Waals surface area contributed by atoms with Gasteiger partial charge in [0.15, 0.2) is 6.10 Å². The number of rotatable bonds is 1. The maximum Gasteiger partial charge on any atom is 0.419 e. The van der Waals surface area contributed by atoms with E-state index < -0.39 is 17.8 Å². The lowest BCUT2D eigenvalue weighted by atomic mass is 10.2. The number of nitrogens with zero attached hydrogens (tertiary/aromatic N) is 3. The zero-order valence-corrected chi connectivity index (χ0v) is 11.2. The molecule has 0 spiro atoms. The largest absolute Gasteiger partial charge is 0.419 e. The quantitative estimate of drug-likeness (QED) is 0.791. The third-order valence-electron chi connectivity index (χ3n) is 2.65. The number of ether oxygens (including phenoxy) is 1. The van der Waals surface area contributed by atoms with Crippen LogP contribution < -0.4 is 4.90 Å². The maximum absolute atomic E-state index is 13.0. The topological polar surface area (TPSA) is 49.2 Å². The van der Waals surface area contributed by atoms with Gasteiger partial charge in [0.2, 0.25) is 0 Å². The van der Waals surface area contributed by atoms with Gasteiger partial charge in [-0.2, -0.15) is 18.4 Å². The van der Waals surface area contributed by atoms with E-state index >= 15 is 0 Å². The van der Waals surface area contributed by atoms with Crippen LogP contribution in [-0.2, 0) is 10.9 Å². The molecule has 8 heteroatoms. The van der Waals surface area contributed by atoms with Gasteiger partial charge in [0.25, 0.3) is 0 Å². The van der Waals surface area contributed by atoms with E-state index in [9.17, 15) is 13.2 Å². The SMILES string of the molecule is N#CC1CN(c2ncc(Br)cc2C(F)(F)F)CCO1. The van der Waals surface area contributed by atoms with Crippen LogP contribution in [0.15, 0.2) is 16.7 Å². The highest BCUT2D eigenvalue weighted by Crippen LogP contribution is 2.37. The van der Waals surface area contributed by atoms with Gasteiger partial charge in [-0.3, -0.25) is 0 Å². The van der Waals surface area contributed by atoms with Crippen molar-refractivity contribution in [2.24, 2.45) is 0 Å². The lowest BCUT2D eigenvalue weighted by molar-refractivity contribution is -0.137. The van der Waals surface area contributed by atoms with Gasteiger partial charge in [0.05, 0.1) is 24.8 Å². The minimum Gasteiger partial charge on any atom is -0.360 e. The lowest BCUT2D eigenvalue weighted by Gasteiger charge is -2.32. The number of alkyl halides is 3. The number of aromatic nitrogens is 1. The second-order valence-electron chi connectivity index (χ2n) is 3.96. The first kappa shape index (κ1) is 14.1. The minimum atomic E-state index is -4.49. The van der Waals surface area contributed by atoms with Crippen molar-refractivity contribution in [2.75, 3.05) is 24.6 Å². The van der Waals surface area contributed by atoms with Crippen LogP contribution in [0.2, 0.25) is 0 Å². The van der Waals surface area contributed by atoms with E-state index in [1.54, 1.807) is 0 Å². The van der Waals surface area contributed by atoms with Gasteiger partial charge < -0.3 is 9.64 Å². The fourth-order valence-corrected chi connectivity index (χ4v) is 2.14. The maximum atomic E-state index is 13.0. The van der Waals surface area contributed by atoms with Gasteiger partial charge in [-0.15, -0.1) is 0 Å². The smallest absolute Gasteiger partial charge is 0.360 e. The summed E-state index contributed by atoms with van der Waals surface area (Å²) in [6.45, 7) is 0.553. The average Bonchev–Trinajstić information content (AvgIpc) is 2.37. The number of morpholine rings is 1. The van der Waals surface area contributed by atoms with Crippen molar-refractivity contribution in [1.29, 1.82) is 5.26 Å². The monoisotopic (exact) mass is 335 g/mol. The Kier molecular flexibility index (Phi) is 3.96. The molecule has 1 aliphatic rings. The van der Waals surface area contributed by atoms with Gasteiger partial charge in [0.1, 0.15) is 5.82 Å². The van der Waals surface area contributed by atoms with Crippen molar-refractivity contribution in [3.05, 3.63) is 22.3 Å². The summed E-state index contributed by atoms with van der Waals surface area (Å²) >= 11 is 2.98. The molecule has 0 saturated carbocycles. The summed E-state index contributed by atoms with van der Waals surface area (Å²) in [4.78, 5) is 5.25. The van der Waals surface area contributed by atoms with E-state index in [4.69, 9.17) is 10.00 Å². The molecule has 0 aliphatic carbocycles. The zero-order chi connectivity index (χ0) is 14.0. The van der Waals surface area contributed by atoms with Crippen LogP contribution in [0.5, 0.6) is 0 Å². The van der Waals surface area contributed by atoms with Gasteiger partial charge in [-0.05, 0) is 22.0 Å². The van der Waals surface area contributed by atoms with Crippen LogP contribution in [0.1, 0.15) is 5.56 Å². The van der Waals surface area contributed by atoms with Gasteiger partial charge in [-0.25, -0.2) is 4.98 Å². The standard InChI is InChI=1S/C11H9BrF3N3O/c12-7-3-9(11(13,14)15)10(17-5-7)18-1-2-19-8(4-16)6-18/h3,5,8H,1-2,6H2. The summed E-state index contributed by atoms with van der Waals surface area (Å²) in [7, 11) is 0. The third kappa shape index (κ3) is 3.16. The van der Waals surface area contributed by atoms with E-state index in [-0.39, 0.29) is 30.0 Å². The summed E-state index contributed by atoms with van der Waals surface area (Å²) < 4.78 is 44.3. The number of pyridine rings is 1. The van der Waals surface area contributed by atoms with Crippen LogP contribution in [0, 0.1) is 11.3 Å². The predicted molar refractivity (Wildman–Crippen MR) is 64.5 cm³/mol. The Morgan fingerprint density at radius 3 is 2.89 bits per heavy atom. The molecule has 1 fully saturated rings. The van der Waals surface area contributed by atoms with Crippen LogP contribution in [0.4, 0.5) is 19.0 Å². The van der Waals surface area contributed by atoms with E-state index in [0.717, 1.165) is 6.07 Å². The molecule has 1 aromatic heterocycles. The van der Waals surface area contributed by atoms with E-state index in [2.05, 4.69) is 20.9 Å². The lowest BCUT2D eigenvalue weighted by Crippen LogP contribution is -2.43. The fraction of sp³-hybridized carbons (Fsp3) is 0.455. The van der Waals surface area contributed by atoms with E-state index in [0.29, 0.717) is 0 Å². The molecule has 1 atom stereocenters. The van der Waals surface area contributed by atoms with Crippen molar-refractivity contribution in [2.45, 2.75) is 12.3 Å². The molecule has 102 valence electrons. The van der Waals surface area contributed by atoms with Crippen molar-refractivity contribution in [3.63, 3.8) is 0 Å². The minimum absolute atomic E-state index is 0.0776. The highest BCUT2D eigenvalue weighted by Gasteiger charge is 2.37.